The van der Waals surface area contributed by atoms with Gasteiger partial charge in [0.15, 0.2) is 0 Å². The zero-order chi connectivity index (χ0) is 11.2. The van der Waals surface area contributed by atoms with E-state index in [2.05, 4.69) is 6.92 Å². The Labute approximate surface area is 97.2 Å². The molecule has 0 heterocycles. The predicted molar refractivity (Wildman–Crippen MR) is 70.3 cm³/mol. The normalized spacial score (nSPS) is 11.0. The Morgan fingerprint density at radius 3 is 1.47 bits per heavy atom. The third-order valence-electron chi connectivity index (χ3n) is 2.88. The molecule has 0 aromatic carbocycles. The van der Waals surface area contributed by atoms with Gasteiger partial charge in [-0.3, -0.25) is 4.57 Å². The molecule has 1 nitrogen and oxygen atoms in total. The monoisotopic (exact) mass is 231 g/mol. The van der Waals surface area contributed by atoms with Gasteiger partial charge in [-0.1, -0.05) is 71.1 Å². The zero-order valence-corrected chi connectivity index (χ0v) is 11.4. The fourth-order valence-electron chi connectivity index (χ4n) is 1.86. The topological polar surface area (TPSA) is 17.1 Å². The largest absolute Gasteiger partial charge is 0.291 e. The molecule has 0 aliphatic rings. The van der Waals surface area contributed by atoms with E-state index in [-0.39, 0.29) is 8.46 Å². The van der Waals surface area contributed by atoms with Crippen LogP contribution in [0.25, 0.3) is 0 Å². The van der Waals surface area contributed by atoms with Gasteiger partial charge in [0.1, 0.15) is 0 Å². The molecular formula is C13H28OP. The standard InChI is InChI=1S/C13H28OP/c1-2-3-4-5-6-7-8-9-10-11-12-13-15-14/h15H,2-13H2,1H3. The molecule has 2 heteroatoms. The smallest absolute Gasteiger partial charge is 0.0581 e. The molecule has 1 radical (unpaired) electrons. The van der Waals surface area contributed by atoms with Crippen LogP contribution in [0.1, 0.15) is 77.6 Å². The summed E-state index contributed by atoms with van der Waals surface area (Å²) in [6.45, 7) is 2.27. The third-order valence-corrected chi connectivity index (χ3v) is 3.44. The summed E-state index contributed by atoms with van der Waals surface area (Å²) in [5.74, 6) is 0. The van der Waals surface area contributed by atoms with Crippen LogP contribution in [-0.2, 0) is 4.57 Å². The molecule has 0 N–H and O–H groups in total. The van der Waals surface area contributed by atoms with E-state index in [4.69, 9.17) is 0 Å². The van der Waals surface area contributed by atoms with Gasteiger partial charge in [0.05, 0.1) is 8.46 Å². The zero-order valence-electron chi connectivity index (χ0n) is 10.4. The Bertz CT molecular complexity index is 126. The van der Waals surface area contributed by atoms with Crippen molar-refractivity contribution < 1.29 is 4.57 Å². The lowest BCUT2D eigenvalue weighted by molar-refractivity contribution is 0.553. The van der Waals surface area contributed by atoms with E-state index in [1.165, 1.54) is 70.6 Å². The molecule has 0 amide bonds. The third kappa shape index (κ3) is 14.1. The summed E-state index contributed by atoms with van der Waals surface area (Å²) in [6, 6.07) is 0. The quantitative estimate of drug-likeness (QED) is 0.328. The Kier molecular flexibility index (Phi) is 14.2. The van der Waals surface area contributed by atoms with E-state index < -0.39 is 0 Å². The molecule has 0 aromatic heterocycles. The van der Waals surface area contributed by atoms with Gasteiger partial charge in [-0.25, -0.2) is 0 Å². The van der Waals surface area contributed by atoms with Crippen LogP contribution in [0.2, 0.25) is 0 Å². The summed E-state index contributed by atoms with van der Waals surface area (Å²) in [6.07, 6.45) is 16.0. The number of hydrogen-bond donors (Lipinski definition) is 0. The Morgan fingerprint density at radius 1 is 0.667 bits per heavy atom. The summed E-state index contributed by atoms with van der Waals surface area (Å²) >= 11 is 0. The molecule has 1 atom stereocenters. The number of hydrogen-bond acceptors (Lipinski definition) is 1. The average molecular weight is 231 g/mol. The number of unbranched alkanes of at least 4 members (excludes halogenated alkanes) is 10. The predicted octanol–water partition coefficient (Wildman–Crippen LogP) is 5.32. The average Bonchev–Trinajstić information content (AvgIpc) is 2.26. The molecule has 0 bridgehead atoms. The fourth-order valence-corrected chi connectivity index (χ4v) is 2.26. The first-order valence-corrected chi connectivity index (χ1v) is 7.88. The molecule has 0 rings (SSSR count). The van der Waals surface area contributed by atoms with Crippen molar-refractivity contribution in [3.05, 3.63) is 0 Å². The molecule has 0 aliphatic heterocycles. The van der Waals surface area contributed by atoms with E-state index >= 15 is 0 Å². The second-order valence-electron chi connectivity index (χ2n) is 4.43. The van der Waals surface area contributed by atoms with Gasteiger partial charge in [-0.05, 0) is 6.42 Å². The van der Waals surface area contributed by atoms with Gasteiger partial charge < -0.3 is 0 Å². The molecule has 0 fully saturated rings. The summed E-state index contributed by atoms with van der Waals surface area (Å²) < 4.78 is 10.2. The maximum Gasteiger partial charge on any atom is 0.0581 e. The van der Waals surface area contributed by atoms with Gasteiger partial charge in [0.2, 0.25) is 0 Å². The maximum atomic E-state index is 10.2. The summed E-state index contributed by atoms with van der Waals surface area (Å²) in [7, 11) is -0.0804. The summed E-state index contributed by atoms with van der Waals surface area (Å²) in [5.41, 5.74) is 0. The van der Waals surface area contributed by atoms with Crippen molar-refractivity contribution >= 4 is 8.46 Å². The highest BCUT2D eigenvalue weighted by molar-refractivity contribution is 7.23. The minimum Gasteiger partial charge on any atom is -0.291 e. The highest BCUT2D eigenvalue weighted by atomic mass is 31.1. The van der Waals surface area contributed by atoms with Crippen LogP contribution < -0.4 is 0 Å². The first-order chi connectivity index (χ1) is 7.41. The van der Waals surface area contributed by atoms with Gasteiger partial charge in [-0.2, -0.15) is 0 Å². The fraction of sp³-hybridized carbons (Fsp3) is 1.00. The number of rotatable bonds is 12. The lowest BCUT2D eigenvalue weighted by Gasteiger charge is -2.01. The Balaban J connectivity index is 2.83. The minimum absolute atomic E-state index is 0.0804. The van der Waals surface area contributed by atoms with Gasteiger partial charge in [-0.15, -0.1) is 0 Å². The first-order valence-electron chi connectivity index (χ1n) is 6.76. The van der Waals surface area contributed by atoms with Crippen LogP contribution in [-0.4, -0.2) is 6.16 Å². The molecule has 0 saturated heterocycles. The van der Waals surface area contributed by atoms with Crippen molar-refractivity contribution in [1.29, 1.82) is 0 Å². The van der Waals surface area contributed by atoms with Crippen molar-refractivity contribution in [2.75, 3.05) is 6.16 Å². The van der Waals surface area contributed by atoms with Crippen molar-refractivity contribution in [3.8, 4) is 0 Å². The first kappa shape index (κ1) is 15.1. The van der Waals surface area contributed by atoms with Gasteiger partial charge >= 0.3 is 0 Å². The molecule has 15 heavy (non-hydrogen) atoms. The lowest BCUT2D eigenvalue weighted by atomic mass is 10.1. The minimum atomic E-state index is -0.0804. The Morgan fingerprint density at radius 2 is 1.07 bits per heavy atom. The van der Waals surface area contributed by atoms with Crippen LogP contribution in [0.15, 0.2) is 0 Å². The second kappa shape index (κ2) is 14.1. The van der Waals surface area contributed by atoms with Crippen molar-refractivity contribution in [2.45, 2.75) is 77.6 Å². The highest BCUT2D eigenvalue weighted by Crippen LogP contribution is 2.11. The molecule has 0 aliphatic carbocycles. The molecule has 0 aromatic rings. The molecule has 91 valence electrons. The van der Waals surface area contributed by atoms with E-state index in [0.29, 0.717) is 0 Å². The molecule has 0 spiro atoms. The van der Waals surface area contributed by atoms with E-state index in [1.54, 1.807) is 0 Å². The van der Waals surface area contributed by atoms with Crippen LogP contribution in [0.4, 0.5) is 0 Å². The maximum absolute atomic E-state index is 10.2. The SMILES string of the molecule is CCCCCCCCCCCCC[PH]=O. The van der Waals surface area contributed by atoms with Crippen LogP contribution in [0.5, 0.6) is 0 Å². The Hall–Kier alpha value is 0.100. The van der Waals surface area contributed by atoms with Crippen molar-refractivity contribution in [3.63, 3.8) is 0 Å². The summed E-state index contributed by atoms with van der Waals surface area (Å²) in [5, 5.41) is 0. The lowest BCUT2D eigenvalue weighted by Crippen LogP contribution is -1.82. The van der Waals surface area contributed by atoms with Gasteiger partial charge in [0.25, 0.3) is 0 Å². The second-order valence-corrected chi connectivity index (χ2v) is 5.22. The highest BCUT2D eigenvalue weighted by Gasteiger charge is 1.92. The van der Waals surface area contributed by atoms with Crippen LogP contribution in [0.3, 0.4) is 0 Å². The molecule has 0 saturated carbocycles. The van der Waals surface area contributed by atoms with Crippen LogP contribution in [0, 0.1) is 0 Å². The van der Waals surface area contributed by atoms with Gasteiger partial charge in [0, 0.05) is 6.16 Å². The van der Waals surface area contributed by atoms with Crippen molar-refractivity contribution in [2.24, 2.45) is 0 Å². The van der Waals surface area contributed by atoms with E-state index in [0.717, 1.165) is 6.16 Å². The van der Waals surface area contributed by atoms with E-state index in [9.17, 15) is 4.57 Å². The molecule has 1 unspecified atom stereocenters. The summed E-state index contributed by atoms with van der Waals surface area (Å²) in [4.78, 5) is 0. The van der Waals surface area contributed by atoms with Crippen LogP contribution >= 0.6 is 8.46 Å². The van der Waals surface area contributed by atoms with Crippen molar-refractivity contribution in [1.82, 2.24) is 0 Å². The molecular weight excluding hydrogens is 203 g/mol. The van der Waals surface area contributed by atoms with E-state index in [1.807, 2.05) is 0 Å².